The van der Waals surface area contributed by atoms with E-state index < -0.39 is 30.8 Å². The highest BCUT2D eigenvalue weighted by Crippen LogP contribution is 2.24. The fourth-order valence-electron chi connectivity index (χ4n) is 1.64. The van der Waals surface area contributed by atoms with E-state index in [-0.39, 0.29) is 12.2 Å². The maximum Gasteiger partial charge on any atom is 0.330 e. The van der Waals surface area contributed by atoms with Gasteiger partial charge in [0.15, 0.2) is 0 Å². The molecule has 20 heavy (non-hydrogen) atoms. The minimum atomic E-state index is -4.20. The first-order valence-electron chi connectivity index (χ1n) is 6.10. The lowest BCUT2D eigenvalue weighted by atomic mass is 10.1. The Labute approximate surface area is 113 Å². The van der Waals surface area contributed by atoms with E-state index in [1.54, 1.807) is 13.0 Å². The van der Waals surface area contributed by atoms with Crippen LogP contribution in [0.2, 0.25) is 0 Å². The van der Waals surface area contributed by atoms with Crippen LogP contribution in [-0.4, -0.2) is 32.1 Å². The lowest BCUT2D eigenvalue weighted by Crippen LogP contribution is -2.34. The van der Waals surface area contributed by atoms with E-state index in [0.29, 0.717) is 6.54 Å². The van der Waals surface area contributed by atoms with Gasteiger partial charge in [0.05, 0.1) is 12.6 Å². The summed E-state index contributed by atoms with van der Waals surface area (Å²) in [7, 11) is 0. The van der Waals surface area contributed by atoms with E-state index in [4.69, 9.17) is 0 Å². The van der Waals surface area contributed by atoms with Crippen molar-refractivity contribution in [1.82, 2.24) is 5.32 Å². The van der Waals surface area contributed by atoms with Gasteiger partial charge < -0.3 is 10.1 Å². The second-order valence-electron chi connectivity index (χ2n) is 4.21. The molecule has 0 heterocycles. The molecule has 1 aromatic rings. The lowest BCUT2D eigenvalue weighted by Gasteiger charge is -2.21. The molecule has 0 bridgehead atoms. The summed E-state index contributed by atoms with van der Waals surface area (Å²) in [4.78, 5) is 0. The van der Waals surface area contributed by atoms with Crippen molar-refractivity contribution in [3.8, 4) is 0 Å². The summed E-state index contributed by atoms with van der Waals surface area (Å²) in [5.74, 6) is -4.71. The molecule has 0 radical (unpaired) electrons. The fraction of sp³-hybridized carbons (Fsp3) is 0.538. The number of hydrogen-bond acceptors (Lipinski definition) is 2. The molecule has 0 fully saturated rings. The van der Waals surface area contributed by atoms with Crippen molar-refractivity contribution in [2.24, 2.45) is 0 Å². The summed E-state index contributed by atoms with van der Waals surface area (Å²) in [5, 5.41) is 2.86. The summed E-state index contributed by atoms with van der Waals surface area (Å²) in [6.45, 7) is 0.479. The Balaban J connectivity index is 2.63. The number of alkyl halides is 4. The zero-order chi connectivity index (χ0) is 15.2. The van der Waals surface area contributed by atoms with Crippen LogP contribution >= 0.6 is 0 Å². The summed E-state index contributed by atoms with van der Waals surface area (Å²) in [6, 6.07) is 5.13. The maximum absolute atomic E-state index is 13.6. The Hall–Kier alpha value is -1.21. The Bertz CT molecular complexity index is 414. The molecule has 0 amide bonds. The topological polar surface area (TPSA) is 21.3 Å². The van der Waals surface area contributed by atoms with Gasteiger partial charge in [-0.25, -0.2) is 13.2 Å². The predicted molar refractivity (Wildman–Crippen MR) is 64.6 cm³/mol. The smallest absolute Gasteiger partial charge is 0.330 e. The highest BCUT2D eigenvalue weighted by Gasteiger charge is 2.41. The van der Waals surface area contributed by atoms with E-state index in [9.17, 15) is 22.0 Å². The second-order valence-corrected chi connectivity index (χ2v) is 4.21. The Kier molecular flexibility index (Phi) is 6.35. The standard InChI is InChI=1S/C13H16F5NO/c1-2-19-11(9-5-3-4-6-10(9)14)7-20-8-13(17,18)12(15)16/h3-6,11-12,19H,2,7-8H2,1H3. The monoisotopic (exact) mass is 297 g/mol. The molecule has 7 heteroatoms. The van der Waals surface area contributed by atoms with Crippen LogP contribution in [0.4, 0.5) is 22.0 Å². The van der Waals surface area contributed by atoms with Crippen molar-refractivity contribution in [2.45, 2.75) is 25.3 Å². The molecule has 2 nitrogen and oxygen atoms in total. The summed E-state index contributed by atoms with van der Waals surface area (Å²) >= 11 is 0. The molecule has 1 aromatic carbocycles. The molecule has 0 aliphatic heterocycles. The van der Waals surface area contributed by atoms with Gasteiger partial charge in [-0.05, 0) is 12.6 Å². The van der Waals surface area contributed by atoms with E-state index >= 15 is 0 Å². The van der Waals surface area contributed by atoms with Gasteiger partial charge in [-0.15, -0.1) is 0 Å². The molecule has 1 atom stereocenters. The molecular formula is C13H16F5NO. The van der Waals surface area contributed by atoms with E-state index in [1.807, 2.05) is 0 Å². The van der Waals surface area contributed by atoms with Gasteiger partial charge in [0.1, 0.15) is 12.4 Å². The van der Waals surface area contributed by atoms with Gasteiger partial charge in [-0.3, -0.25) is 0 Å². The summed E-state index contributed by atoms with van der Waals surface area (Å²) < 4.78 is 67.5. The normalized spacial score (nSPS) is 13.8. The van der Waals surface area contributed by atoms with Crippen LogP contribution in [0.15, 0.2) is 24.3 Å². The third kappa shape index (κ3) is 4.72. The van der Waals surface area contributed by atoms with Crippen LogP contribution in [-0.2, 0) is 4.74 Å². The van der Waals surface area contributed by atoms with Crippen molar-refractivity contribution in [1.29, 1.82) is 0 Å². The minimum Gasteiger partial charge on any atom is -0.373 e. The Morgan fingerprint density at radius 3 is 2.45 bits per heavy atom. The average Bonchev–Trinajstić information content (AvgIpc) is 2.38. The number of nitrogens with one attached hydrogen (secondary N) is 1. The number of rotatable bonds is 8. The molecule has 1 N–H and O–H groups in total. The highest BCUT2D eigenvalue weighted by molar-refractivity contribution is 5.21. The molecule has 1 unspecified atom stereocenters. The zero-order valence-corrected chi connectivity index (χ0v) is 10.9. The van der Waals surface area contributed by atoms with Crippen molar-refractivity contribution >= 4 is 0 Å². The van der Waals surface area contributed by atoms with Gasteiger partial charge in [0.25, 0.3) is 0 Å². The largest absolute Gasteiger partial charge is 0.373 e. The van der Waals surface area contributed by atoms with Crippen molar-refractivity contribution in [3.05, 3.63) is 35.6 Å². The van der Waals surface area contributed by atoms with Crippen molar-refractivity contribution < 1.29 is 26.7 Å². The third-order valence-electron chi connectivity index (χ3n) is 2.63. The number of halogens is 5. The van der Waals surface area contributed by atoms with Gasteiger partial charge in [0, 0.05) is 5.56 Å². The van der Waals surface area contributed by atoms with Crippen LogP contribution in [0.1, 0.15) is 18.5 Å². The maximum atomic E-state index is 13.6. The first-order chi connectivity index (χ1) is 9.38. The molecule has 0 spiro atoms. The van der Waals surface area contributed by atoms with E-state index in [1.165, 1.54) is 18.2 Å². The SMILES string of the molecule is CCNC(COCC(F)(F)C(F)F)c1ccccc1F. The fourth-order valence-corrected chi connectivity index (χ4v) is 1.64. The second kappa shape index (κ2) is 7.54. The number of benzene rings is 1. The highest BCUT2D eigenvalue weighted by atomic mass is 19.3. The van der Waals surface area contributed by atoms with E-state index in [2.05, 4.69) is 10.1 Å². The number of ether oxygens (including phenoxy) is 1. The molecule has 0 aromatic heterocycles. The first kappa shape index (κ1) is 16.8. The first-order valence-corrected chi connectivity index (χ1v) is 6.10. The van der Waals surface area contributed by atoms with Gasteiger partial charge >= 0.3 is 12.3 Å². The summed E-state index contributed by atoms with van der Waals surface area (Å²) in [6.07, 6.45) is -3.78. The molecule has 114 valence electrons. The molecule has 0 aliphatic rings. The van der Waals surface area contributed by atoms with Crippen LogP contribution < -0.4 is 5.32 Å². The molecule has 0 saturated carbocycles. The third-order valence-corrected chi connectivity index (χ3v) is 2.63. The molecular weight excluding hydrogens is 281 g/mol. The van der Waals surface area contributed by atoms with Crippen molar-refractivity contribution in [3.63, 3.8) is 0 Å². The van der Waals surface area contributed by atoms with E-state index in [0.717, 1.165) is 0 Å². The van der Waals surface area contributed by atoms with Crippen LogP contribution in [0.5, 0.6) is 0 Å². The van der Waals surface area contributed by atoms with Crippen LogP contribution in [0, 0.1) is 5.82 Å². The van der Waals surface area contributed by atoms with Crippen LogP contribution in [0.25, 0.3) is 0 Å². The zero-order valence-electron chi connectivity index (χ0n) is 10.9. The van der Waals surface area contributed by atoms with Gasteiger partial charge in [0.2, 0.25) is 0 Å². The van der Waals surface area contributed by atoms with Crippen molar-refractivity contribution in [2.75, 3.05) is 19.8 Å². The Morgan fingerprint density at radius 1 is 1.25 bits per heavy atom. The minimum absolute atomic E-state index is 0.245. The number of hydrogen-bond donors (Lipinski definition) is 1. The Morgan fingerprint density at radius 2 is 1.90 bits per heavy atom. The lowest BCUT2D eigenvalue weighted by molar-refractivity contribution is -0.167. The van der Waals surface area contributed by atoms with Crippen LogP contribution in [0.3, 0.4) is 0 Å². The number of likely N-dealkylation sites (N-methyl/N-ethyl adjacent to an activating group) is 1. The van der Waals surface area contributed by atoms with Gasteiger partial charge in [-0.2, -0.15) is 8.78 Å². The molecule has 1 rings (SSSR count). The summed E-state index contributed by atoms with van der Waals surface area (Å²) in [5.41, 5.74) is 0.245. The van der Waals surface area contributed by atoms with Gasteiger partial charge in [-0.1, -0.05) is 25.1 Å². The molecule has 0 saturated heterocycles. The predicted octanol–water partition coefficient (Wildman–Crippen LogP) is 3.39. The molecule has 0 aliphatic carbocycles. The average molecular weight is 297 g/mol. The quantitative estimate of drug-likeness (QED) is 0.743.